The van der Waals surface area contributed by atoms with E-state index in [1.54, 1.807) is 6.92 Å². The third-order valence-corrected chi connectivity index (χ3v) is 1.79. The van der Waals surface area contributed by atoms with Crippen LogP contribution in [0.15, 0.2) is 12.1 Å². The molecule has 0 amide bonds. The highest BCUT2D eigenvalue weighted by Crippen LogP contribution is 2.23. The summed E-state index contributed by atoms with van der Waals surface area (Å²) in [6.45, 7) is 1.56. The molecule has 1 aromatic carbocycles. The van der Waals surface area contributed by atoms with Crippen molar-refractivity contribution >= 4 is 11.6 Å². The van der Waals surface area contributed by atoms with Gasteiger partial charge in [0.25, 0.3) is 0 Å². The van der Waals surface area contributed by atoms with Crippen LogP contribution in [0.25, 0.3) is 0 Å². The van der Waals surface area contributed by atoms with Crippen LogP contribution in [0.4, 0.5) is 8.78 Å². The summed E-state index contributed by atoms with van der Waals surface area (Å²) >= 11 is 5.39. The molecular formula is C8H8ClF2N. The van der Waals surface area contributed by atoms with Crippen molar-refractivity contribution in [1.29, 1.82) is 0 Å². The predicted molar refractivity (Wildman–Crippen MR) is 44.0 cm³/mol. The zero-order valence-electron chi connectivity index (χ0n) is 6.44. The molecule has 0 aliphatic rings. The lowest BCUT2D eigenvalue weighted by Gasteiger charge is -2.07. The molecule has 0 fully saturated rings. The minimum absolute atomic E-state index is 0.0972. The highest BCUT2D eigenvalue weighted by molar-refractivity contribution is 6.30. The highest BCUT2D eigenvalue weighted by Gasteiger charge is 2.12. The number of hydrogen-bond acceptors (Lipinski definition) is 1. The van der Waals surface area contributed by atoms with Gasteiger partial charge in [-0.1, -0.05) is 11.6 Å². The largest absolute Gasteiger partial charge is 0.324 e. The van der Waals surface area contributed by atoms with Gasteiger partial charge in [-0.2, -0.15) is 0 Å². The molecule has 0 aliphatic heterocycles. The van der Waals surface area contributed by atoms with Crippen LogP contribution >= 0.6 is 11.6 Å². The molecule has 2 N–H and O–H groups in total. The van der Waals surface area contributed by atoms with E-state index >= 15 is 0 Å². The molecule has 0 aliphatic carbocycles. The number of nitrogens with two attached hydrogens (primary N) is 1. The molecule has 12 heavy (non-hydrogen) atoms. The number of rotatable bonds is 1. The Bertz CT molecular complexity index is 299. The van der Waals surface area contributed by atoms with Crippen molar-refractivity contribution in [2.75, 3.05) is 0 Å². The van der Waals surface area contributed by atoms with E-state index in [9.17, 15) is 8.78 Å². The highest BCUT2D eigenvalue weighted by atomic mass is 35.5. The molecule has 4 heteroatoms. The SMILES string of the molecule is CC(N)c1cc(F)cc(Cl)c1F. The normalized spacial score (nSPS) is 13.1. The first-order valence-electron chi connectivity index (χ1n) is 3.42. The average Bonchev–Trinajstić information content (AvgIpc) is 1.96. The Morgan fingerprint density at radius 3 is 2.50 bits per heavy atom. The van der Waals surface area contributed by atoms with Crippen molar-refractivity contribution in [2.45, 2.75) is 13.0 Å². The van der Waals surface area contributed by atoms with E-state index in [0.717, 1.165) is 12.1 Å². The van der Waals surface area contributed by atoms with Gasteiger partial charge in [-0.15, -0.1) is 0 Å². The second-order valence-corrected chi connectivity index (χ2v) is 2.99. The summed E-state index contributed by atoms with van der Waals surface area (Å²) in [6.07, 6.45) is 0. The smallest absolute Gasteiger partial charge is 0.146 e. The van der Waals surface area contributed by atoms with E-state index < -0.39 is 17.7 Å². The van der Waals surface area contributed by atoms with E-state index in [4.69, 9.17) is 17.3 Å². The summed E-state index contributed by atoms with van der Waals surface area (Å²) in [6, 6.07) is 1.41. The van der Waals surface area contributed by atoms with Gasteiger partial charge < -0.3 is 5.73 Å². The Kier molecular flexibility index (Phi) is 2.65. The van der Waals surface area contributed by atoms with Crippen molar-refractivity contribution < 1.29 is 8.78 Å². The summed E-state index contributed by atoms with van der Waals surface area (Å²) in [4.78, 5) is 0. The van der Waals surface area contributed by atoms with Gasteiger partial charge >= 0.3 is 0 Å². The lowest BCUT2D eigenvalue weighted by molar-refractivity contribution is 0.572. The minimum Gasteiger partial charge on any atom is -0.324 e. The van der Waals surface area contributed by atoms with Crippen LogP contribution in [0.1, 0.15) is 18.5 Å². The summed E-state index contributed by atoms with van der Waals surface area (Å²) in [5, 5.41) is -0.234. The summed E-state index contributed by atoms with van der Waals surface area (Å²) in [5.41, 5.74) is 5.48. The van der Waals surface area contributed by atoms with Gasteiger partial charge in [0.2, 0.25) is 0 Å². The first kappa shape index (κ1) is 9.42. The number of halogens is 3. The van der Waals surface area contributed by atoms with Gasteiger partial charge in [0.1, 0.15) is 11.6 Å². The quantitative estimate of drug-likeness (QED) is 0.679. The second-order valence-electron chi connectivity index (χ2n) is 2.58. The fourth-order valence-corrected chi connectivity index (χ4v) is 1.12. The minimum atomic E-state index is -0.645. The molecule has 0 saturated carbocycles. The monoisotopic (exact) mass is 191 g/mol. The fourth-order valence-electron chi connectivity index (χ4n) is 0.907. The van der Waals surface area contributed by atoms with Crippen molar-refractivity contribution in [1.82, 2.24) is 0 Å². The Morgan fingerprint density at radius 2 is 2.00 bits per heavy atom. The molecule has 0 heterocycles. The predicted octanol–water partition coefficient (Wildman–Crippen LogP) is 2.64. The Balaban J connectivity index is 3.28. The third kappa shape index (κ3) is 1.73. The average molecular weight is 192 g/mol. The van der Waals surface area contributed by atoms with Crippen LogP contribution in [-0.2, 0) is 0 Å². The number of hydrogen-bond donors (Lipinski definition) is 1. The third-order valence-electron chi connectivity index (χ3n) is 1.51. The van der Waals surface area contributed by atoms with Crippen molar-refractivity contribution in [2.24, 2.45) is 5.73 Å². The topological polar surface area (TPSA) is 26.0 Å². The molecule has 1 nitrogen and oxygen atoms in total. The molecule has 0 bridgehead atoms. The van der Waals surface area contributed by atoms with E-state index in [-0.39, 0.29) is 10.6 Å². The lowest BCUT2D eigenvalue weighted by atomic mass is 10.1. The molecule has 0 radical (unpaired) electrons. The van der Waals surface area contributed by atoms with E-state index in [0.29, 0.717) is 0 Å². The summed E-state index contributed by atoms with van der Waals surface area (Å²) in [5.74, 6) is -1.22. The van der Waals surface area contributed by atoms with Crippen molar-refractivity contribution in [3.8, 4) is 0 Å². The Hall–Kier alpha value is -0.670. The zero-order valence-corrected chi connectivity index (χ0v) is 7.20. The molecule has 1 unspecified atom stereocenters. The van der Waals surface area contributed by atoms with Crippen LogP contribution in [0.3, 0.4) is 0 Å². The van der Waals surface area contributed by atoms with Gasteiger partial charge in [-0.3, -0.25) is 0 Å². The fraction of sp³-hybridized carbons (Fsp3) is 0.250. The Morgan fingerprint density at radius 1 is 1.42 bits per heavy atom. The first-order valence-corrected chi connectivity index (χ1v) is 3.80. The molecule has 1 rings (SSSR count). The number of benzene rings is 1. The van der Waals surface area contributed by atoms with Gasteiger partial charge in [-0.05, 0) is 19.1 Å². The molecule has 1 aromatic rings. The van der Waals surface area contributed by atoms with E-state index in [1.807, 2.05) is 0 Å². The van der Waals surface area contributed by atoms with Crippen molar-refractivity contribution in [3.63, 3.8) is 0 Å². The van der Waals surface area contributed by atoms with Gasteiger partial charge in [0.15, 0.2) is 0 Å². The maximum Gasteiger partial charge on any atom is 0.146 e. The maximum absolute atomic E-state index is 13.1. The summed E-state index contributed by atoms with van der Waals surface area (Å²) < 4.78 is 25.7. The van der Waals surface area contributed by atoms with Gasteiger partial charge in [0.05, 0.1) is 5.02 Å². The Labute approximate surface area is 74.1 Å². The van der Waals surface area contributed by atoms with Crippen LogP contribution in [0.5, 0.6) is 0 Å². The van der Waals surface area contributed by atoms with Crippen molar-refractivity contribution in [3.05, 3.63) is 34.4 Å². The second kappa shape index (κ2) is 3.37. The van der Waals surface area contributed by atoms with Crippen LogP contribution in [0.2, 0.25) is 5.02 Å². The lowest BCUT2D eigenvalue weighted by Crippen LogP contribution is -2.08. The van der Waals surface area contributed by atoms with Crippen LogP contribution in [-0.4, -0.2) is 0 Å². The van der Waals surface area contributed by atoms with Crippen LogP contribution < -0.4 is 5.73 Å². The molecule has 0 spiro atoms. The summed E-state index contributed by atoms with van der Waals surface area (Å²) in [7, 11) is 0. The first-order chi connectivity index (χ1) is 5.52. The van der Waals surface area contributed by atoms with E-state index in [1.165, 1.54) is 0 Å². The molecule has 0 saturated heterocycles. The molecule has 1 atom stereocenters. The maximum atomic E-state index is 13.1. The van der Waals surface area contributed by atoms with Crippen LogP contribution in [0, 0.1) is 11.6 Å². The van der Waals surface area contributed by atoms with Gasteiger partial charge in [0, 0.05) is 11.6 Å². The molecule has 0 aromatic heterocycles. The molecular weight excluding hydrogens is 184 g/mol. The zero-order chi connectivity index (χ0) is 9.30. The van der Waals surface area contributed by atoms with Gasteiger partial charge in [-0.25, -0.2) is 8.78 Å². The standard InChI is InChI=1S/C8H8ClF2N/c1-4(12)6-2-5(10)3-7(9)8(6)11/h2-4H,12H2,1H3. The molecule has 66 valence electrons. The van der Waals surface area contributed by atoms with E-state index in [2.05, 4.69) is 0 Å².